The first kappa shape index (κ1) is 10.5. The van der Waals surface area contributed by atoms with Crippen LogP contribution in [0, 0.1) is 5.92 Å². The molecule has 1 unspecified atom stereocenters. The third-order valence-corrected chi connectivity index (χ3v) is 2.74. The van der Waals surface area contributed by atoms with Crippen molar-refractivity contribution in [1.29, 1.82) is 0 Å². The zero-order chi connectivity index (χ0) is 10.8. The zero-order valence-electron chi connectivity index (χ0n) is 8.70. The van der Waals surface area contributed by atoms with Crippen LogP contribution in [0.2, 0.25) is 5.28 Å². The van der Waals surface area contributed by atoms with Gasteiger partial charge in [0.05, 0.1) is 11.9 Å². The van der Waals surface area contributed by atoms with E-state index in [1.807, 2.05) is 0 Å². The minimum Gasteiger partial charge on any atom is -0.394 e. The molecule has 1 saturated carbocycles. The monoisotopic (exact) mass is 226 g/mol. The number of hydrogen-bond donors (Lipinski definition) is 2. The number of anilines is 2. The van der Waals surface area contributed by atoms with E-state index in [1.165, 1.54) is 25.5 Å². The molecule has 1 heterocycles. The van der Waals surface area contributed by atoms with E-state index in [9.17, 15) is 0 Å². The first-order valence-electron chi connectivity index (χ1n) is 5.19. The Morgan fingerprint density at radius 2 is 2.40 bits per heavy atom. The molecule has 1 atom stereocenters. The Morgan fingerprint density at radius 3 is 3.07 bits per heavy atom. The molecule has 1 aromatic rings. The van der Waals surface area contributed by atoms with E-state index in [1.54, 1.807) is 0 Å². The molecule has 82 valence electrons. The third kappa shape index (κ3) is 2.96. The second-order valence-corrected chi connectivity index (χ2v) is 4.51. The summed E-state index contributed by atoms with van der Waals surface area (Å²) < 4.78 is 0. The number of nitrogens with two attached hydrogens (primary N) is 1. The zero-order valence-corrected chi connectivity index (χ0v) is 9.46. The highest BCUT2D eigenvalue weighted by Gasteiger charge is 2.23. The maximum atomic E-state index is 5.74. The molecule has 0 bridgehead atoms. The second-order valence-electron chi connectivity index (χ2n) is 4.17. The summed E-state index contributed by atoms with van der Waals surface area (Å²) in [5.41, 5.74) is 6.28. The number of nitrogens with one attached hydrogen (secondary N) is 1. The lowest BCUT2D eigenvalue weighted by atomic mass is 10.1. The fourth-order valence-corrected chi connectivity index (χ4v) is 1.76. The van der Waals surface area contributed by atoms with Crippen LogP contribution in [0.15, 0.2) is 6.20 Å². The first-order chi connectivity index (χ1) is 7.15. The molecule has 5 heteroatoms. The number of nitrogen functional groups attached to an aromatic ring is 1. The summed E-state index contributed by atoms with van der Waals surface area (Å²) in [6.45, 7) is 2.13. The highest BCUT2D eigenvalue weighted by atomic mass is 35.5. The quantitative estimate of drug-likeness (QED) is 0.774. The molecule has 0 aromatic carbocycles. The number of hydrogen-bond acceptors (Lipinski definition) is 4. The topological polar surface area (TPSA) is 63.8 Å². The molecule has 1 aromatic heterocycles. The number of aromatic nitrogens is 2. The molecule has 1 aliphatic rings. The number of nitrogens with zero attached hydrogens (tertiary/aromatic N) is 2. The van der Waals surface area contributed by atoms with Crippen molar-refractivity contribution in [2.24, 2.45) is 5.92 Å². The predicted octanol–water partition coefficient (Wildman–Crippen LogP) is 2.31. The lowest BCUT2D eigenvalue weighted by Gasteiger charge is -2.15. The highest BCUT2D eigenvalue weighted by Crippen LogP contribution is 2.34. The Labute approximate surface area is 94.2 Å². The normalized spacial score (nSPS) is 17.5. The smallest absolute Gasteiger partial charge is 0.224 e. The van der Waals surface area contributed by atoms with Crippen LogP contribution in [0.3, 0.4) is 0 Å². The van der Waals surface area contributed by atoms with Crippen molar-refractivity contribution in [2.45, 2.75) is 32.2 Å². The summed E-state index contributed by atoms with van der Waals surface area (Å²) in [4.78, 5) is 7.87. The van der Waals surface area contributed by atoms with Gasteiger partial charge in [-0.1, -0.05) is 12.8 Å². The van der Waals surface area contributed by atoms with Gasteiger partial charge in [-0.2, -0.15) is 4.98 Å². The first-order valence-corrected chi connectivity index (χ1v) is 5.57. The van der Waals surface area contributed by atoms with Crippen LogP contribution in [-0.4, -0.2) is 16.0 Å². The molecule has 0 saturated heterocycles. The summed E-state index contributed by atoms with van der Waals surface area (Å²) in [6, 6.07) is 0.380. The summed E-state index contributed by atoms with van der Waals surface area (Å²) >= 11 is 5.70. The lowest BCUT2D eigenvalue weighted by Crippen LogP contribution is -2.18. The maximum absolute atomic E-state index is 5.74. The van der Waals surface area contributed by atoms with Gasteiger partial charge >= 0.3 is 0 Å². The van der Waals surface area contributed by atoms with Crippen LogP contribution in [-0.2, 0) is 0 Å². The molecule has 15 heavy (non-hydrogen) atoms. The Hall–Kier alpha value is -1.03. The van der Waals surface area contributed by atoms with E-state index in [0.29, 0.717) is 17.5 Å². The average molecular weight is 227 g/mol. The van der Waals surface area contributed by atoms with E-state index in [-0.39, 0.29) is 5.28 Å². The molecule has 0 spiro atoms. The minimum absolute atomic E-state index is 0.227. The molecule has 0 aliphatic heterocycles. The molecular formula is C10H15ClN4. The van der Waals surface area contributed by atoms with Gasteiger partial charge in [0.2, 0.25) is 5.28 Å². The Kier molecular flexibility index (Phi) is 2.95. The van der Waals surface area contributed by atoms with Gasteiger partial charge in [-0.25, -0.2) is 4.98 Å². The molecule has 0 radical (unpaired) electrons. The molecule has 2 rings (SSSR count). The Bertz CT molecular complexity index is 351. The number of rotatable bonds is 4. The summed E-state index contributed by atoms with van der Waals surface area (Å²) in [6.07, 6.45) is 5.40. The van der Waals surface area contributed by atoms with E-state index in [2.05, 4.69) is 22.2 Å². The van der Waals surface area contributed by atoms with Gasteiger partial charge in [-0.3, -0.25) is 0 Å². The summed E-state index contributed by atoms with van der Waals surface area (Å²) in [7, 11) is 0. The van der Waals surface area contributed by atoms with Crippen molar-refractivity contribution in [1.82, 2.24) is 9.97 Å². The van der Waals surface area contributed by atoms with Crippen molar-refractivity contribution in [3.8, 4) is 0 Å². The van der Waals surface area contributed by atoms with Gasteiger partial charge in [-0.05, 0) is 30.9 Å². The van der Waals surface area contributed by atoms with Crippen LogP contribution in [0.1, 0.15) is 26.2 Å². The van der Waals surface area contributed by atoms with E-state index < -0.39 is 0 Å². The van der Waals surface area contributed by atoms with Gasteiger partial charge in [-0.15, -0.1) is 0 Å². The van der Waals surface area contributed by atoms with Crippen LogP contribution >= 0.6 is 11.6 Å². The predicted molar refractivity (Wildman–Crippen MR) is 61.9 cm³/mol. The number of halogens is 1. The minimum atomic E-state index is 0.227. The average Bonchev–Trinajstić information content (AvgIpc) is 2.95. The fraction of sp³-hybridized carbons (Fsp3) is 0.600. The molecule has 1 fully saturated rings. The van der Waals surface area contributed by atoms with Gasteiger partial charge in [0.1, 0.15) is 0 Å². The maximum Gasteiger partial charge on any atom is 0.224 e. The molecular weight excluding hydrogens is 212 g/mol. The SMILES string of the molecule is CC(CC1CC1)Nc1nc(Cl)ncc1N. The largest absolute Gasteiger partial charge is 0.394 e. The molecule has 4 nitrogen and oxygen atoms in total. The van der Waals surface area contributed by atoms with Crippen molar-refractivity contribution < 1.29 is 0 Å². The molecule has 3 N–H and O–H groups in total. The summed E-state index contributed by atoms with van der Waals surface area (Å²) in [5, 5.41) is 3.49. The van der Waals surface area contributed by atoms with E-state index in [0.717, 1.165) is 5.92 Å². The van der Waals surface area contributed by atoms with Crippen molar-refractivity contribution >= 4 is 23.1 Å². The summed E-state index contributed by atoms with van der Waals surface area (Å²) in [5.74, 6) is 1.52. The van der Waals surface area contributed by atoms with Crippen LogP contribution in [0.25, 0.3) is 0 Å². The highest BCUT2D eigenvalue weighted by molar-refractivity contribution is 6.28. The Balaban J connectivity index is 1.98. The van der Waals surface area contributed by atoms with Crippen molar-refractivity contribution in [2.75, 3.05) is 11.1 Å². The van der Waals surface area contributed by atoms with Crippen molar-refractivity contribution in [3.05, 3.63) is 11.5 Å². The molecule has 1 aliphatic carbocycles. The van der Waals surface area contributed by atoms with E-state index in [4.69, 9.17) is 17.3 Å². The fourth-order valence-electron chi connectivity index (χ4n) is 1.63. The van der Waals surface area contributed by atoms with Gasteiger partial charge in [0.25, 0.3) is 0 Å². The van der Waals surface area contributed by atoms with Crippen LogP contribution in [0.5, 0.6) is 0 Å². The van der Waals surface area contributed by atoms with Gasteiger partial charge in [0, 0.05) is 6.04 Å². The molecule has 0 amide bonds. The third-order valence-electron chi connectivity index (χ3n) is 2.55. The lowest BCUT2D eigenvalue weighted by molar-refractivity contribution is 0.640. The van der Waals surface area contributed by atoms with Crippen molar-refractivity contribution in [3.63, 3.8) is 0 Å². The van der Waals surface area contributed by atoms with Crippen LogP contribution in [0.4, 0.5) is 11.5 Å². The van der Waals surface area contributed by atoms with Gasteiger partial charge in [0.15, 0.2) is 5.82 Å². The Morgan fingerprint density at radius 1 is 1.67 bits per heavy atom. The van der Waals surface area contributed by atoms with E-state index >= 15 is 0 Å². The van der Waals surface area contributed by atoms with Crippen LogP contribution < -0.4 is 11.1 Å². The van der Waals surface area contributed by atoms with Gasteiger partial charge < -0.3 is 11.1 Å². The second kappa shape index (κ2) is 4.23. The standard InChI is InChI=1S/C10H15ClN4/c1-6(4-7-2-3-7)14-9-8(12)5-13-10(11)15-9/h5-7H,2-4,12H2,1H3,(H,13,14,15).